The largest absolute Gasteiger partial charge is 0.508 e. The minimum Gasteiger partial charge on any atom is -0.508 e. The Kier molecular flexibility index (Phi) is 4.78. The molecule has 0 aliphatic carbocycles. The van der Waals surface area contributed by atoms with Crippen LogP contribution in [0.4, 0.5) is 5.69 Å². The molecular weight excluding hydrogens is 282 g/mol. The number of rotatable bonds is 5. The lowest BCUT2D eigenvalue weighted by Gasteiger charge is -2.12. The van der Waals surface area contributed by atoms with E-state index in [4.69, 9.17) is 19.9 Å². The second-order valence-corrected chi connectivity index (χ2v) is 4.65. The lowest BCUT2D eigenvalue weighted by Crippen LogP contribution is -1.95. The molecule has 0 fully saturated rings. The van der Waals surface area contributed by atoms with Gasteiger partial charge in [0.2, 0.25) is 5.75 Å². The number of nitrogen functional groups attached to an aromatic ring is 1. The van der Waals surface area contributed by atoms with Crippen molar-refractivity contribution in [1.29, 1.82) is 0 Å². The number of hydrogen-bond acceptors (Lipinski definition) is 5. The fraction of sp³-hybridized carbons (Fsp3) is 0.176. The van der Waals surface area contributed by atoms with E-state index in [0.717, 1.165) is 11.1 Å². The van der Waals surface area contributed by atoms with E-state index in [9.17, 15) is 5.11 Å². The fourth-order valence-corrected chi connectivity index (χ4v) is 2.15. The molecule has 5 nitrogen and oxygen atoms in total. The summed E-state index contributed by atoms with van der Waals surface area (Å²) in [7, 11) is 4.70. The van der Waals surface area contributed by atoms with Crippen molar-refractivity contribution < 1.29 is 19.3 Å². The van der Waals surface area contributed by atoms with E-state index in [1.165, 1.54) is 6.07 Å². The molecule has 0 aliphatic rings. The zero-order valence-corrected chi connectivity index (χ0v) is 12.8. The van der Waals surface area contributed by atoms with Crippen molar-refractivity contribution in [1.82, 2.24) is 0 Å². The third-order valence-electron chi connectivity index (χ3n) is 3.12. The fourth-order valence-electron chi connectivity index (χ4n) is 2.15. The molecular formula is C17H19NO4. The van der Waals surface area contributed by atoms with Crippen LogP contribution in [-0.2, 0) is 0 Å². The van der Waals surface area contributed by atoms with E-state index in [1.807, 2.05) is 24.3 Å². The number of methoxy groups -OCH3 is 3. The van der Waals surface area contributed by atoms with Gasteiger partial charge in [-0.05, 0) is 35.4 Å². The Labute approximate surface area is 129 Å². The van der Waals surface area contributed by atoms with Gasteiger partial charge in [0, 0.05) is 11.8 Å². The van der Waals surface area contributed by atoms with Gasteiger partial charge in [-0.25, -0.2) is 0 Å². The molecule has 0 atom stereocenters. The van der Waals surface area contributed by atoms with Crippen molar-refractivity contribution in [2.24, 2.45) is 0 Å². The monoisotopic (exact) mass is 301 g/mol. The SMILES string of the molecule is COc1cc(C=Cc2cc(N)cc(O)c2)cc(OC)c1OC. The summed E-state index contributed by atoms with van der Waals surface area (Å²) in [5, 5.41) is 9.55. The van der Waals surface area contributed by atoms with E-state index in [1.54, 1.807) is 33.5 Å². The lowest BCUT2D eigenvalue weighted by atomic mass is 10.1. The zero-order valence-electron chi connectivity index (χ0n) is 12.8. The van der Waals surface area contributed by atoms with Crippen molar-refractivity contribution in [3.8, 4) is 23.0 Å². The molecule has 2 aromatic carbocycles. The third kappa shape index (κ3) is 3.44. The molecule has 5 heteroatoms. The van der Waals surface area contributed by atoms with E-state index < -0.39 is 0 Å². The van der Waals surface area contributed by atoms with Gasteiger partial charge < -0.3 is 25.1 Å². The molecule has 0 amide bonds. The first-order chi connectivity index (χ1) is 10.6. The van der Waals surface area contributed by atoms with Gasteiger partial charge in [-0.15, -0.1) is 0 Å². The van der Waals surface area contributed by atoms with Crippen LogP contribution in [0, 0.1) is 0 Å². The van der Waals surface area contributed by atoms with Crippen LogP contribution >= 0.6 is 0 Å². The first-order valence-electron chi connectivity index (χ1n) is 6.65. The average Bonchev–Trinajstić information content (AvgIpc) is 2.50. The highest BCUT2D eigenvalue weighted by molar-refractivity contribution is 5.74. The number of aromatic hydroxyl groups is 1. The summed E-state index contributed by atoms with van der Waals surface area (Å²) in [5.41, 5.74) is 7.88. The lowest BCUT2D eigenvalue weighted by molar-refractivity contribution is 0.324. The van der Waals surface area contributed by atoms with E-state index >= 15 is 0 Å². The highest BCUT2D eigenvalue weighted by atomic mass is 16.5. The maximum atomic E-state index is 9.55. The van der Waals surface area contributed by atoms with Crippen LogP contribution in [0.15, 0.2) is 30.3 Å². The molecule has 0 heterocycles. The molecule has 0 aliphatic heterocycles. The molecule has 0 radical (unpaired) electrons. The summed E-state index contributed by atoms with van der Waals surface area (Å²) in [5.74, 6) is 1.84. The number of benzene rings is 2. The maximum absolute atomic E-state index is 9.55. The number of phenols is 1. The topological polar surface area (TPSA) is 73.9 Å². The predicted molar refractivity (Wildman–Crippen MR) is 87.5 cm³/mol. The molecule has 0 spiro atoms. The Balaban J connectivity index is 2.38. The maximum Gasteiger partial charge on any atom is 0.203 e. The van der Waals surface area contributed by atoms with E-state index in [-0.39, 0.29) is 5.75 Å². The highest BCUT2D eigenvalue weighted by Gasteiger charge is 2.11. The van der Waals surface area contributed by atoms with Gasteiger partial charge in [-0.2, -0.15) is 0 Å². The molecule has 2 rings (SSSR count). The van der Waals surface area contributed by atoms with Gasteiger partial charge in [0.1, 0.15) is 5.75 Å². The summed E-state index contributed by atoms with van der Waals surface area (Å²) in [6.45, 7) is 0. The Morgan fingerprint density at radius 1 is 0.818 bits per heavy atom. The summed E-state index contributed by atoms with van der Waals surface area (Å²) in [6.07, 6.45) is 3.72. The van der Waals surface area contributed by atoms with Crippen LogP contribution in [-0.4, -0.2) is 26.4 Å². The van der Waals surface area contributed by atoms with Crippen molar-refractivity contribution in [3.05, 3.63) is 41.5 Å². The third-order valence-corrected chi connectivity index (χ3v) is 3.12. The summed E-state index contributed by atoms with van der Waals surface area (Å²) in [6, 6.07) is 8.57. The van der Waals surface area contributed by atoms with Gasteiger partial charge in [-0.1, -0.05) is 12.2 Å². The van der Waals surface area contributed by atoms with Gasteiger partial charge in [0.05, 0.1) is 21.3 Å². The molecule has 0 bridgehead atoms. The minimum atomic E-state index is 0.129. The number of anilines is 1. The van der Waals surface area contributed by atoms with Crippen LogP contribution in [0.2, 0.25) is 0 Å². The van der Waals surface area contributed by atoms with E-state index in [2.05, 4.69) is 0 Å². The molecule has 22 heavy (non-hydrogen) atoms. The first kappa shape index (κ1) is 15.6. The Bertz CT molecular complexity index is 650. The number of ether oxygens (including phenoxy) is 3. The number of phenolic OH excluding ortho intramolecular Hbond substituents is 1. The van der Waals surface area contributed by atoms with Crippen LogP contribution in [0.3, 0.4) is 0 Å². The first-order valence-corrected chi connectivity index (χ1v) is 6.65. The molecule has 0 unspecified atom stereocenters. The second-order valence-electron chi connectivity index (χ2n) is 4.65. The summed E-state index contributed by atoms with van der Waals surface area (Å²) >= 11 is 0. The van der Waals surface area contributed by atoms with Crippen molar-refractivity contribution in [2.75, 3.05) is 27.1 Å². The predicted octanol–water partition coefficient (Wildman–Crippen LogP) is 3.17. The molecule has 0 saturated heterocycles. The smallest absolute Gasteiger partial charge is 0.203 e. The molecule has 0 saturated carbocycles. The summed E-state index contributed by atoms with van der Waals surface area (Å²) < 4.78 is 15.9. The highest BCUT2D eigenvalue weighted by Crippen LogP contribution is 2.38. The Morgan fingerprint density at radius 2 is 1.36 bits per heavy atom. The van der Waals surface area contributed by atoms with Gasteiger partial charge in [-0.3, -0.25) is 0 Å². The van der Waals surface area contributed by atoms with Crippen LogP contribution < -0.4 is 19.9 Å². The second kappa shape index (κ2) is 6.76. The van der Waals surface area contributed by atoms with Gasteiger partial charge >= 0.3 is 0 Å². The number of hydrogen-bond donors (Lipinski definition) is 2. The standard InChI is InChI=1S/C17H19NO4/c1-20-15-8-12(9-16(21-2)17(15)22-3)5-4-11-6-13(18)10-14(19)7-11/h4-10,19H,18H2,1-3H3. The summed E-state index contributed by atoms with van der Waals surface area (Å²) in [4.78, 5) is 0. The van der Waals surface area contributed by atoms with E-state index in [0.29, 0.717) is 22.9 Å². The van der Waals surface area contributed by atoms with Crippen molar-refractivity contribution in [3.63, 3.8) is 0 Å². The van der Waals surface area contributed by atoms with Crippen molar-refractivity contribution in [2.45, 2.75) is 0 Å². The van der Waals surface area contributed by atoms with Crippen molar-refractivity contribution >= 4 is 17.8 Å². The Morgan fingerprint density at radius 3 is 1.82 bits per heavy atom. The van der Waals surface area contributed by atoms with Crippen LogP contribution in [0.25, 0.3) is 12.2 Å². The minimum absolute atomic E-state index is 0.129. The van der Waals surface area contributed by atoms with Crippen LogP contribution in [0.1, 0.15) is 11.1 Å². The molecule has 116 valence electrons. The van der Waals surface area contributed by atoms with Gasteiger partial charge in [0.25, 0.3) is 0 Å². The number of nitrogens with two attached hydrogens (primary N) is 1. The molecule has 2 aromatic rings. The average molecular weight is 301 g/mol. The zero-order chi connectivity index (χ0) is 16.1. The van der Waals surface area contributed by atoms with Crippen LogP contribution in [0.5, 0.6) is 23.0 Å². The molecule has 0 aromatic heterocycles. The van der Waals surface area contributed by atoms with Gasteiger partial charge in [0.15, 0.2) is 11.5 Å². The molecule has 3 N–H and O–H groups in total. The normalized spacial score (nSPS) is 10.7. The quantitative estimate of drug-likeness (QED) is 0.655. The Hall–Kier alpha value is -2.82.